The second-order valence-electron chi connectivity index (χ2n) is 4.48. The maximum absolute atomic E-state index is 12.2. The standard InChI is InChI=1S/C12H15NO4S/c1-7-4-5-13(8(7)6-14)11(15)9-2-3-10(18-9)12(16)17/h2-3,7-8,14H,4-6H2,1H3,(H,16,17). The minimum absolute atomic E-state index is 0.0515. The lowest BCUT2D eigenvalue weighted by molar-refractivity contribution is 0.0652. The van der Waals surface area contributed by atoms with Crippen LogP contribution in [0.2, 0.25) is 0 Å². The van der Waals surface area contributed by atoms with E-state index in [4.69, 9.17) is 5.11 Å². The molecule has 1 aromatic rings. The van der Waals surface area contributed by atoms with Crippen molar-refractivity contribution in [2.24, 2.45) is 5.92 Å². The summed E-state index contributed by atoms with van der Waals surface area (Å²) in [7, 11) is 0. The van der Waals surface area contributed by atoms with Crippen molar-refractivity contribution in [1.29, 1.82) is 0 Å². The average Bonchev–Trinajstić information content (AvgIpc) is 2.94. The number of thiophene rings is 1. The Balaban J connectivity index is 2.18. The lowest BCUT2D eigenvalue weighted by Gasteiger charge is -2.24. The van der Waals surface area contributed by atoms with E-state index in [0.717, 1.165) is 17.8 Å². The number of hydrogen-bond acceptors (Lipinski definition) is 4. The van der Waals surface area contributed by atoms with Gasteiger partial charge in [-0.3, -0.25) is 4.79 Å². The van der Waals surface area contributed by atoms with E-state index in [1.807, 2.05) is 6.92 Å². The van der Waals surface area contributed by atoms with Gasteiger partial charge in [0.1, 0.15) is 4.88 Å². The normalized spacial score (nSPS) is 23.3. The Morgan fingerprint density at radius 1 is 1.44 bits per heavy atom. The van der Waals surface area contributed by atoms with E-state index < -0.39 is 5.97 Å². The monoisotopic (exact) mass is 269 g/mol. The summed E-state index contributed by atoms with van der Waals surface area (Å²) in [6, 6.07) is 2.81. The third-order valence-electron chi connectivity index (χ3n) is 3.36. The van der Waals surface area contributed by atoms with Crippen LogP contribution in [0.3, 0.4) is 0 Å². The minimum atomic E-state index is -1.02. The maximum Gasteiger partial charge on any atom is 0.345 e. The van der Waals surface area contributed by atoms with Gasteiger partial charge in [-0.05, 0) is 24.5 Å². The van der Waals surface area contributed by atoms with Crippen LogP contribution >= 0.6 is 11.3 Å². The predicted octanol–water partition coefficient (Wildman–Crippen LogP) is 1.29. The molecule has 0 saturated carbocycles. The second kappa shape index (κ2) is 5.07. The molecule has 1 saturated heterocycles. The van der Waals surface area contributed by atoms with Gasteiger partial charge >= 0.3 is 5.97 Å². The van der Waals surface area contributed by atoms with Crippen LogP contribution in [0.5, 0.6) is 0 Å². The van der Waals surface area contributed by atoms with Crippen LogP contribution in [0.15, 0.2) is 12.1 Å². The third kappa shape index (κ3) is 2.26. The average molecular weight is 269 g/mol. The highest BCUT2D eigenvalue weighted by Crippen LogP contribution is 2.27. The zero-order chi connectivity index (χ0) is 13.3. The number of hydrogen-bond donors (Lipinski definition) is 2. The van der Waals surface area contributed by atoms with Crippen molar-refractivity contribution >= 4 is 23.2 Å². The Morgan fingerprint density at radius 2 is 2.11 bits per heavy atom. The molecule has 1 aliphatic rings. The Bertz CT molecular complexity index is 470. The first-order valence-corrected chi connectivity index (χ1v) is 6.61. The molecule has 5 nitrogen and oxygen atoms in total. The largest absolute Gasteiger partial charge is 0.477 e. The molecule has 18 heavy (non-hydrogen) atoms. The highest BCUT2D eigenvalue weighted by Gasteiger charge is 2.34. The molecule has 0 aliphatic carbocycles. The van der Waals surface area contributed by atoms with Gasteiger partial charge in [-0.25, -0.2) is 4.79 Å². The molecular formula is C12H15NO4S. The highest BCUT2D eigenvalue weighted by molar-refractivity contribution is 7.15. The molecule has 1 aliphatic heterocycles. The smallest absolute Gasteiger partial charge is 0.345 e. The van der Waals surface area contributed by atoms with E-state index in [2.05, 4.69) is 0 Å². The number of carboxylic acids is 1. The fourth-order valence-corrected chi connectivity index (χ4v) is 3.05. The molecule has 2 heterocycles. The molecule has 98 valence electrons. The van der Waals surface area contributed by atoms with Gasteiger partial charge in [0.05, 0.1) is 17.5 Å². The van der Waals surface area contributed by atoms with Crippen LogP contribution in [0, 0.1) is 5.92 Å². The molecule has 0 aromatic carbocycles. The van der Waals surface area contributed by atoms with Crippen molar-refractivity contribution < 1.29 is 19.8 Å². The van der Waals surface area contributed by atoms with Gasteiger partial charge in [-0.2, -0.15) is 0 Å². The Kier molecular flexibility index (Phi) is 3.68. The highest BCUT2D eigenvalue weighted by atomic mass is 32.1. The quantitative estimate of drug-likeness (QED) is 0.866. The van der Waals surface area contributed by atoms with Crippen molar-refractivity contribution in [3.8, 4) is 0 Å². The lowest BCUT2D eigenvalue weighted by Crippen LogP contribution is -2.39. The van der Waals surface area contributed by atoms with Crippen LogP contribution in [-0.4, -0.2) is 46.2 Å². The van der Waals surface area contributed by atoms with E-state index >= 15 is 0 Å². The van der Waals surface area contributed by atoms with Crippen LogP contribution in [0.4, 0.5) is 0 Å². The predicted molar refractivity (Wildman–Crippen MR) is 67.0 cm³/mol. The summed E-state index contributed by atoms with van der Waals surface area (Å²) in [5, 5.41) is 18.1. The fraction of sp³-hybridized carbons (Fsp3) is 0.500. The first kappa shape index (κ1) is 13.0. The van der Waals surface area contributed by atoms with Crippen molar-refractivity contribution in [3.05, 3.63) is 21.9 Å². The molecule has 1 amide bonds. The Morgan fingerprint density at radius 3 is 2.67 bits per heavy atom. The summed E-state index contributed by atoms with van der Waals surface area (Å²) >= 11 is 0.977. The van der Waals surface area contributed by atoms with Crippen LogP contribution in [0.1, 0.15) is 32.7 Å². The number of carbonyl (C=O) groups is 2. The number of carbonyl (C=O) groups excluding carboxylic acids is 1. The van der Waals surface area contributed by atoms with Gasteiger partial charge in [0.25, 0.3) is 5.91 Å². The van der Waals surface area contributed by atoms with E-state index in [-0.39, 0.29) is 29.4 Å². The molecule has 2 N–H and O–H groups in total. The molecule has 0 radical (unpaired) electrons. The molecule has 1 aromatic heterocycles. The van der Waals surface area contributed by atoms with Crippen molar-refractivity contribution in [2.75, 3.05) is 13.2 Å². The molecule has 2 unspecified atom stereocenters. The number of aromatic carboxylic acids is 1. The summed E-state index contributed by atoms with van der Waals surface area (Å²) in [6.07, 6.45) is 0.869. The van der Waals surface area contributed by atoms with Gasteiger partial charge in [0.15, 0.2) is 0 Å². The number of amides is 1. The van der Waals surface area contributed by atoms with E-state index in [9.17, 15) is 14.7 Å². The number of carboxylic acid groups (broad SMARTS) is 1. The first-order chi connectivity index (χ1) is 8.54. The zero-order valence-corrected chi connectivity index (χ0v) is 10.8. The van der Waals surface area contributed by atoms with Gasteiger partial charge in [0, 0.05) is 6.54 Å². The molecule has 1 fully saturated rings. The van der Waals surface area contributed by atoms with Crippen LogP contribution < -0.4 is 0 Å². The number of nitrogens with zero attached hydrogens (tertiary/aromatic N) is 1. The third-order valence-corrected chi connectivity index (χ3v) is 4.42. The molecule has 2 rings (SSSR count). The van der Waals surface area contributed by atoms with Gasteiger partial charge in [0.2, 0.25) is 0 Å². The molecular weight excluding hydrogens is 254 g/mol. The van der Waals surface area contributed by atoms with Crippen molar-refractivity contribution in [2.45, 2.75) is 19.4 Å². The van der Waals surface area contributed by atoms with Crippen LogP contribution in [-0.2, 0) is 0 Å². The molecule has 0 bridgehead atoms. The fourth-order valence-electron chi connectivity index (χ4n) is 2.25. The summed E-state index contributed by atoms with van der Waals surface area (Å²) in [6.45, 7) is 2.57. The van der Waals surface area contributed by atoms with Gasteiger partial charge in [-0.1, -0.05) is 6.92 Å². The zero-order valence-electron chi connectivity index (χ0n) is 10.00. The topological polar surface area (TPSA) is 77.8 Å². The summed E-state index contributed by atoms with van der Waals surface area (Å²) in [5.41, 5.74) is 0. The first-order valence-electron chi connectivity index (χ1n) is 5.79. The minimum Gasteiger partial charge on any atom is -0.477 e. The number of aliphatic hydroxyl groups excluding tert-OH is 1. The molecule has 2 atom stereocenters. The summed E-state index contributed by atoms with van der Waals surface area (Å²) < 4.78 is 0. The van der Waals surface area contributed by atoms with Crippen LogP contribution in [0.25, 0.3) is 0 Å². The van der Waals surface area contributed by atoms with E-state index in [1.165, 1.54) is 12.1 Å². The summed E-state index contributed by atoms with van der Waals surface area (Å²) in [4.78, 5) is 25.2. The van der Waals surface area contributed by atoms with Gasteiger partial charge < -0.3 is 15.1 Å². The van der Waals surface area contributed by atoms with Crippen molar-refractivity contribution in [3.63, 3.8) is 0 Å². The second-order valence-corrected chi connectivity index (χ2v) is 5.57. The number of aliphatic hydroxyl groups is 1. The Hall–Kier alpha value is -1.40. The molecule has 6 heteroatoms. The van der Waals surface area contributed by atoms with Gasteiger partial charge in [-0.15, -0.1) is 11.3 Å². The Labute approximate surface area is 109 Å². The summed E-state index contributed by atoms with van der Waals surface area (Å²) in [5.74, 6) is -0.929. The SMILES string of the molecule is CC1CCN(C(=O)c2ccc(C(=O)O)s2)C1CO. The number of likely N-dealkylation sites (tertiary alicyclic amines) is 1. The maximum atomic E-state index is 12.2. The number of rotatable bonds is 3. The van der Waals surface area contributed by atoms with E-state index in [1.54, 1.807) is 4.90 Å². The van der Waals surface area contributed by atoms with Crippen molar-refractivity contribution in [1.82, 2.24) is 4.90 Å². The lowest BCUT2D eigenvalue weighted by atomic mass is 10.0. The molecule has 0 spiro atoms. The van der Waals surface area contributed by atoms with E-state index in [0.29, 0.717) is 11.4 Å².